The first-order valence-electron chi connectivity index (χ1n) is 8.77. The van der Waals surface area contributed by atoms with Crippen LogP contribution in [0.2, 0.25) is 0 Å². The maximum absolute atomic E-state index is 9.80. The third kappa shape index (κ3) is 7.18. The van der Waals surface area contributed by atoms with Crippen LogP contribution in [-0.4, -0.2) is 29.6 Å². The Bertz CT molecular complexity index is 595. The van der Waals surface area contributed by atoms with Crippen LogP contribution in [0.3, 0.4) is 0 Å². The second-order valence-electron chi connectivity index (χ2n) is 6.89. The van der Waals surface area contributed by atoms with Crippen LogP contribution in [0.1, 0.15) is 52.2 Å². The fraction of sp³-hybridized carbons (Fsp3) is 0.455. The van der Waals surface area contributed by atoms with Gasteiger partial charge in [-0.05, 0) is 76.8 Å². The summed E-state index contributed by atoms with van der Waals surface area (Å²) in [6.07, 6.45) is 7.72. The highest BCUT2D eigenvalue weighted by Crippen LogP contribution is 2.26. The minimum Gasteiger partial charge on any atom is -0.508 e. The number of nitrogens with zero attached hydrogens (tertiary/aromatic N) is 1. The predicted octanol–water partition coefficient (Wildman–Crippen LogP) is 5.73. The second kappa shape index (κ2) is 10.1. The van der Waals surface area contributed by atoms with Gasteiger partial charge in [0.05, 0.1) is 0 Å². The quantitative estimate of drug-likeness (QED) is 0.616. The van der Waals surface area contributed by atoms with E-state index in [1.54, 1.807) is 6.07 Å². The molecule has 0 aliphatic heterocycles. The van der Waals surface area contributed by atoms with Gasteiger partial charge in [0.2, 0.25) is 0 Å². The van der Waals surface area contributed by atoms with Gasteiger partial charge in [0.15, 0.2) is 0 Å². The fourth-order valence-electron chi connectivity index (χ4n) is 2.55. The van der Waals surface area contributed by atoms with Crippen molar-refractivity contribution in [1.82, 2.24) is 4.90 Å². The number of phenols is 1. The summed E-state index contributed by atoms with van der Waals surface area (Å²) >= 11 is 0. The minimum absolute atomic E-state index is 0.334. The lowest BCUT2D eigenvalue weighted by Gasteiger charge is -2.21. The Hall–Kier alpha value is -1.80. The van der Waals surface area contributed by atoms with Crippen LogP contribution in [0, 0.1) is 6.92 Å². The first-order valence-corrected chi connectivity index (χ1v) is 8.77. The number of aromatic hydroxyl groups is 1. The van der Waals surface area contributed by atoms with E-state index in [-0.39, 0.29) is 0 Å². The number of aryl methyl sites for hydroxylation is 1. The Balaban J connectivity index is 2.83. The van der Waals surface area contributed by atoms with E-state index in [1.165, 1.54) is 22.3 Å². The molecule has 0 bridgehead atoms. The SMILES string of the molecule is C/C=C(/CCN(CC=C(C)C)CC=C(C)C)c1cc(O)ccc1C. The van der Waals surface area contributed by atoms with Gasteiger partial charge in [0.25, 0.3) is 0 Å². The molecular formula is C22H33NO. The summed E-state index contributed by atoms with van der Waals surface area (Å²) in [6, 6.07) is 5.61. The second-order valence-corrected chi connectivity index (χ2v) is 6.89. The zero-order valence-corrected chi connectivity index (χ0v) is 16.2. The zero-order chi connectivity index (χ0) is 18.1. The van der Waals surface area contributed by atoms with Gasteiger partial charge < -0.3 is 5.11 Å². The molecule has 0 spiro atoms. The van der Waals surface area contributed by atoms with E-state index in [2.05, 4.69) is 64.7 Å². The monoisotopic (exact) mass is 327 g/mol. The van der Waals surface area contributed by atoms with Crippen molar-refractivity contribution < 1.29 is 5.11 Å². The summed E-state index contributed by atoms with van der Waals surface area (Å²) < 4.78 is 0. The fourth-order valence-corrected chi connectivity index (χ4v) is 2.55. The average Bonchev–Trinajstić information content (AvgIpc) is 2.52. The van der Waals surface area contributed by atoms with E-state index in [9.17, 15) is 5.11 Å². The van der Waals surface area contributed by atoms with Gasteiger partial charge in [-0.2, -0.15) is 0 Å². The summed E-state index contributed by atoms with van der Waals surface area (Å²) in [5.41, 5.74) is 6.37. The Morgan fingerprint density at radius 2 is 1.62 bits per heavy atom. The average molecular weight is 328 g/mol. The van der Waals surface area contributed by atoms with Crippen molar-refractivity contribution in [3.63, 3.8) is 0 Å². The highest BCUT2D eigenvalue weighted by molar-refractivity contribution is 5.69. The molecule has 0 radical (unpaired) electrons. The van der Waals surface area contributed by atoms with Crippen LogP contribution >= 0.6 is 0 Å². The summed E-state index contributed by atoms with van der Waals surface area (Å²) in [7, 11) is 0. The topological polar surface area (TPSA) is 23.5 Å². The molecule has 0 saturated heterocycles. The van der Waals surface area contributed by atoms with Crippen molar-refractivity contribution in [2.45, 2.75) is 48.0 Å². The van der Waals surface area contributed by atoms with Crippen LogP contribution in [0.4, 0.5) is 0 Å². The van der Waals surface area contributed by atoms with Crippen molar-refractivity contribution in [1.29, 1.82) is 0 Å². The molecule has 1 aromatic rings. The van der Waals surface area contributed by atoms with Gasteiger partial charge in [0, 0.05) is 19.6 Å². The largest absolute Gasteiger partial charge is 0.508 e. The first kappa shape index (κ1) is 20.2. The maximum Gasteiger partial charge on any atom is 0.116 e. The Morgan fingerprint density at radius 1 is 1.04 bits per heavy atom. The molecule has 0 fully saturated rings. The first-order chi connectivity index (χ1) is 11.3. The molecule has 0 heterocycles. The lowest BCUT2D eigenvalue weighted by atomic mass is 9.97. The predicted molar refractivity (Wildman–Crippen MR) is 106 cm³/mol. The van der Waals surface area contributed by atoms with Gasteiger partial charge in [-0.3, -0.25) is 4.90 Å². The lowest BCUT2D eigenvalue weighted by Crippen LogP contribution is -2.26. The van der Waals surface area contributed by atoms with Crippen LogP contribution in [-0.2, 0) is 0 Å². The van der Waals surface area contributed by atoms with E-state index >= 15 is 0 Å². The van der Waals surface area contributed by atoms with E-state index in [0.29, 0.717) is 5.75 Å². The third-order valence-electron chi connectivity index (χ3n) is 4.13. The molecular weight excluding hydrogens is 294 g/mol. The molecule has 0 amide bonds. The molecule has 2 nitrogen and oxygen atoms in total. The van der Waals surface area contributed by atoms with Crippen LogP contribution in [0.5, 0.6) is 5.75 Å². The van der Waals surface area contributed by atoms with E-state index in [1.807, 2.05) is 12.1 Å². The van der Waals surface area contributed by atoms with Gasteiger partial charge >= 0.3 is 0 Å². The zero-order valence-electron chi connectivity index (χ0n) is 16.2. The minimum atomic E-state index is 0.334. The molecule has 1 N–H and O–H groups in total. The van der Waals surface area contributed by atoms with Gasteiger partial charge in [-0.25, -0.2) is 0 Å². The highest BCUT2D eigenvalue weighted by Gasteiger charge is 2.09. The number of hydrogen-bond donors (Lipinski definition) is 1. The Labute approximate surface area is 148 Å². The van der Waals surface area contributed by atoms with Gasteiger partial charge in [0.1, 0.15) is 5.75 Å². The maximum atomic E-state index is 9.80. The Kier molecular flexibility index (Phi) is 8.56. The smallest absolute Gasteiger partial charge is 0.116 e. The molecule has 0 atom stereocenters. The number of allylic oxidation sites excluding steroid dienone is 3. The lowest BCUT2D eigenvalue weighted by molar-refractivity contribution is 0.342. The van der Waals surface area contributed by atoms with E-state index < -0.39 is 0 Å². The number of benzene rings is 1. The van der Waals surface area contributed by atoms with Crippen molar-refractivity contribution in [2.24, 2.45) is 0 Å². The summed E-state index contributed by atoms with van der Waals surface area (Å²) in [5, 5.41) is 9.80. The van der Waals surface area contributed by atoms with Crippen molar-refractivity contribution in [3.8, 4) is 5.75 Å². The van der Waals surface area contributed by atoms with Crippen LogP contribution in [0.15, 0.2) is 47.6 Å². The highest BCUT2D eigenvalue weighted by atomic mass is 16.3. The summed E-state index contributed by atoms with van der Waals surface area (Å²) in [6.45, 7) is 15.7. The van der Waals surface area contributed by atoms with E-state index in [4.69, 9.17) is 0 Å². The third-order valence-corrected chi connectivity index (χ3v) is 4.13. The number of hydrogen-bond acceptors (Lipinski definition) is 2. The molecule has 0 unspecified atom stereocenters. The molecule has 1 rings (SSSR count). The van der Waals surface area contributed by atoms with Crippen molar-refractivity contribution >= 4 is 5.57 Å². The van der Waals surface area contributed by atoms with Gasteiger partial charge in [-0.1, -0.05) is 35.4 Å². The summed E-state index contributed by atoms with van der Waals surface area (Å²) in [5.74, 6) is 0.334. The van der Waals surface area contributed by atoms with Crippen LogP contribution < -0.4 is 0 Å². The Morgan fingerprint density at radius 3 is 2.12 bits per heavy atom. The number of phenolic OH excluding ortho intramolecular Hbond substituents is 1. The normalized spacial score (nSPS) is 11.5. The van der Waals surface area contributed by atoms with Gasteiger partial charge in [-0.15, -0.1) is 0 Å². The van der Waals surface area contributed by atoms with Crippen molar-refractivity contribution in [3.05, 3.63) is 58.7 Å². The molecule has 0 aliphatic carbocycles. The molecule has 0 saturated carbocycles. The molecule has 0 aromatic heterocycles. The molecule has 2 heteroatoms. The molecule has 1 aromatic carbocycles. The number of rotatable bonds is 8. The molecule has 0 aliphatic rings. The van der Waals surface area contributed by atoms with Crippen molar-refractivity contribution in [2.75, 3.05) is 19.6 Å². The standard InChI is InChI=1S/C22H33NO/c1-7-20(22-16-21(24)9-8-19(22)6)12-15-23(13-10-17(2)3)14-11-18(4)5/h7-11,16,24H,12-15H2,1-6H3/b20-7-. The summed E-state index contributed by atoms with van der Waals surface area (Å²) in [4.78, 5) is 2.46. The molecule has 24 heavy (non-hydrogen) atoms. The van der Waals surface area contributed by atoms with E-state index in [0.717, 1.165) is 31.6 Å². The molecule has 132 valence electrons. The van der Waals surface area contributed by atoms with Crippen LogP contribution in [0.25, 0.3) is 5.57 Å².